The predicted molar refractivity (Wildman–Crippen MR) is 96.6 cm³/mol. The normalized spacial score (nSPS) is 11.5. The van der Waals surface area contributed by atoms with Crippen molar-refractivity contribution in [1.82, 2.24) is 0 Å². The third kappa shape index (κ3) is 5.39. The van der Waals surface area contributed by atoms with E-state index in [0.29, 0.717) is 18.8 Å². The van der Waals surface area contributed by atoms with E-state index in [-0.39, 0.29) is 5.91 Å². The summed E-state index contributed by atoms with van der Waals surface area (Å²) in [6.45, 7) is 0.976. The Hall–Kier alpha value is -2.73. The summed E-state index contributed by atoms with van der Waals surface area (Å²) in [5.74, 6) is 2.20. The Morgan fingerprint density at radius 2 is 1.72 bits per heavy atom. The summed E-state index contributed by atoms with van der Waals surface area (Å²) < 4.78 is 15.8. The van der Waals surface area contributed by atoms with Crippen LogP contribution in [0.3, 0.4) is 0 Å². The fourth-order valence-corrected chi connectivity index (χ4v) is 2.59. The number of likely N-dealkylation sites (N-methyl/N-ethyl adjacent to an activating group) is 1. The minimum absolute atomic E-state index is 0.0624. The van der Waals surface area contributed by atoms with Gasteiger partial charge in [-0.15, -0.1) is 0 Å². The molecule has 0 aromatic heterocycles. The lowest BCUT2D eigenvalue weighted by Crippen LogP contribution is -3.08. The molecule has 0 aliphatic rings. The van der Waals surface area contributed by atoms with Crippen molar-refractivity contribution < 1.29 is 23.9 Å². The SMILES string of the molecule is COc1cccc(NC(=O)C[NH+](C)Cc2cc(OC)ccc2OC)c1. The van der Waals surface area contributed by atoms with Crippen molar-refractivity contribution in [2.24, 2.45) is 0 Å². The van der Waals surface area contributed by atoms with Crippen LogP contribution in [-0.2, 0) is 11.3 Å². The Morgan fingerprint density at radius 1 is 1.00 bits per heavy atom. The molecule has 134 valence electrons. The Morgan fingerprint density at radius 3 is 2.40 bits per heavy atom. The van der Waals surface area contributed by atoms with E-state index < -0.39 is 0 Å². The molecule has 2 N–H and O–H groups in total. The number of carbonyl (C=O) groups excluding carboxylic acids is 1. The minimum atomic E-state index is -0.0624. The number of carbonyl (C=O) groups is 1. The molecule has 0 bridgehead atoms. The summed E-state index contributed by atoms with van der Waals surface area (Å²) in [7, 11) is 6.82. The summed E-state index contributed by atoms with van der Waals surface area (Å²) >= 11 is 0. The summed E-state index contributed by atoms with van der Waals surface area (Å²) in [6, 6.07) is 13.0. The summed E-state index contributed by atoms with van der Waals surface area (Å²) in [5.41, 5.74) is 1.71. The van der Waals surface area contributed by atoms with Gasteiger partial charge in [0.2, 0.25) is 0 Å². The third-order valence-electron chi connectivity index (χ3n) is 3.80. The molecule has 6 nitrogen and oxygen atoms in total. The van der Waals surface area contributed by atoms with E-state index in [1.807, 2.05) is 43.4 Å². The number of hydrogen-bond acceptors (Lipinski definition) is 4. The van der Waals surface area contributed by atoms with Gasteiger partial charge in [-0.25, -0.2) is 0 Å². The maximum atomic E-state index is 12.3. The van der Waals surface area contributed by atoms with Crippen LogP contribution in [0.2, 0.25) is 0 Å². The van der Waals surface area contributed by atoms with Crippen LogP contribution in [0.4, 0.5) is 5.69 Å². The molecule has 0 radical (unpaired) electrons. The molecule has 0 aliphatic carbocycles. The molecule has 25 heavy (non-hydrogen) atoms. The van der Waals surface area contributed by atoms with E-state index in [0.717, 1.165) is 27.6 Å². The van der Waals surface area contributed by atoms with Crippen LogP contribution in [-0.4, -0.2) is 40.8 Å². The number of benzene rings is 2. The predicted octanol–water partition coefficient (Wildman–Crippen LogP) is 1.37. The molecule has 0 fully saturated rings. The first-order valence-electron chi connectivity index (χ1n) is 8.01. The highest BCUT2D eigenvalue weighted by Gasteiger charge is 2.14. The lowest BCUT2D eigenvalue weighted by atomic mass is 10.1. The van der Waals surface area contributed by atoms with Gasteiger partial charge in [0.05, 0.1) is 33.9 Å². The highest BCUT2D eigenvalue weighted by molar-refractivity contribution is 5.91. The van der Waals surface area contributed by atoms with Gasteiger partial charge in [0.15, 0.2) is 6.54 Å². The molecule has 2 aromatic rings. The zero-order valence-corrected chi connectivity index (χ0v) is 15.1. The van der Waals surface area contributed by atoms with Crippen molar-refractivity contribution in [3.05, 3.63) is 48.0 Å². The monoisotopic (exact) mass is 345 g/mol. The minimum Gasteiger partial charge on any atom is -0.497 e. The second-order valence-electron chi connectivity index (χ2n) is 5.77. The number of anilines is 1. The van der Waals surface area contributed by atoms with Crippen molar-refractivity contribution in [2.45, 2.75) is 6.54 Å². The molecule has 1 unspecified atom stereocenters. The Balaban J connectivity index is 1.97. The Kier molecular flexibility index (Phi) is 6.65. The van der Waals surface area contributed by atoms with Gasteiger partial charge in [0.1, 0.15) is 23.8 Å². The first kappa shape index (κ1) is 18.6. The van der Waals surface area contributed by atoms with E-state index in [2.05, 4.69) is 5.32 Å². The van der Waals surface area contributed by atoms with Crippen LogP contribution in [0, 0.1) is 0 Å². The van der Waals surface area contributed by atoms with E-state index in [9.17, 15) is 4.79 Å². The van der Waals surface area contributed by atoms with Gasteiger partial charge < -0.3 is 24.4 Å². The first-order valence-corrected chi connectivity index (χ1v) is 8.01. The van der Waals surface area contributed by atoms with Gasteiger partial charge in [-0.05, 0) is 30.3 Å². The standard InChI is InChI=1S/C19H24N2O4/c1-21(12-14-10-17(24-3)8-9-18(14)25-4)13-19(22)20-15-6-5-7-16(11-15)23-2/h5-11H,12-13H2,1-4H3,(H,20,22)/p+1. The number of methoxy groups -OCH3 is 3. The molecule has 2 rings (SSSR count). The average molecular weight is 345 g/mol. The smallest absolute Gasteiger partial charge is 0.279 e. The maximum Gasteiger partial charge on any atom is 0.279 e. The highest BCUT2D eigenvalue weighted by Crippen LogP contribution is 2.23. The number of hydrogen-bond donors (Lipinski definition) is 2. The van der Waals surface area contributed by atoms with Gasteiger partial charge in [0, 0.05) is 11.8 Å². The van der Waals surface area contributed by atoms with E-state index in [1.165, 1.54) is 0 Å². The van der Waals surface area contributed by atoms with Crippen LogP contribution >= 0.6 is 0 Å². The topological polar surface area (TPSA) is 61.2 Å². The van der Waals surface area contributed by atoms with Crippen molar-refractivity contribution in [2.75, 3.05) is 40.2 Å². The fraction of sp³-hybridized carbons (Fsp3) is 0.316. The second-order valence-corrected chi connectivity index (χ2v) is 5.77. The zero-order chi connectivity index (χ0) is 18.2. The zero-order valence-electron chi connectivity index (χ0n) is 15.1. The fourth-order valence-electron chi connectivity index (χ4n) is 2.59. The van der Waals surface area contributed by atoms with Gasteiger partial charge >= 0.3 is 0 Å². The average Bonchev–Trinajstić information content (AvgIpc) is 2.61. The summed E-state index contributed by atoms with van der Waals surface area (Å²) in [4.78, 5) is 13.3. The van der Waals surface area contributed by atoms with Crippen molar-refractivity contribution in [3.63, 3.8) is 0 Å². The van der Waals surface area contributed by atoms with E-state index in [4.69, 9.17) is 14.2 Å². The van der Waals surface area contributed by atoms with Gasteiger partial charge in [-0.1, -0.05) is 6.07 Å². The molecule has 1 amide bonds. The van der Waals surface area contributed by atoms with Crippen LogP contribution in [0.5, 0.6) is 17.2 Å². The quantitative estimate of drug-likeness (QED) is 0.759. The summed E-state index contributed by atoms with van der Waals surface area (Å²) in [6.07, 6.45) is 0. The highest BCUT2D eigenvalue weighted by atomic mass is 16.5. The second kappa shape index (κ2) is 8.94. The Labute approximate surface area is 148 Å². The van der Waals surface area contributed by atoms with Crippen LogP contribution in [0.15, 0.2) is 42.5 Å². The van der Waals surface area contributed by atoms with Gasteiger partial charge in [-0.2, -0.15) is 0 Å². The number of amides is 1. The molecule has 0 saturated heterocycles. The molecule has 0 aliphatic heterocycles. The molecular formula is C19H25N2O4+. The number of quaternary nitrogens is 1. The molecule has 2 aromatic carbocycles. The third-order valence-corrected chi connectivity index (χ3v) is 3.80. The van der Waals surface area contributed by atoms with Crippen LogP contribution in [0.25, 0.3) is 0 Å². The van der Waals surface area contributed by atoms with Gasteiger partial charge in [0.25, 0.3) is 5.91 Å². The molecule has 6 heteroatoms. The lowest BCUT2D eigenvalue weighted by molar-refractivity contribution is -0.885. The van der Waals surface area contributed by atoms with Crippen molar-refractivity contribution in [1.29, 1.82) is 0 Å². The number of rotatable bonds is 8. The molecule has 0 saturated carbocycles. The first-order chi connectivity index (χ1) is 12.0. The molecule has 1 atom stereocenters. The molecular weight excluding hydrogens is 320 g/mol. The molecule has 0 spiro atoms. The lowest BCUT2D eigenvalue weighted by Gasteiger charge is -2.16. The van der Waals surface area contributed by atoms with Gasteiger partial charge in [-0.3, -0.25) is 4.79 Å². The largest absolute Gasteiger partial charge is 0.497 e. The maximum absolute atomic E-state index is 12.3. The van der Waals surface area contributed by atoms with E-state index in [1.54, 1.807) is 27.4 Å². The summed E-state index contributed by atoms with van der Waals surface area (Å²) in [5, 5.41) is 2.89. The van der Waals surface area contributed by atoms with Crippen LogP contribution in [0.1, 0.15) is 5.56 Å². The number of ether oxygens (including phenoxy) is 3. The van der Waals surface area contributed by atoms with E-state index >= 15 is 0 Å². The van der Waals surface area contributed by atoms with Crippen LogP contribution < -0.4 is 24.4 Å². The number of nitrogens with one attached hydrogen (secondary N) is 2. The van der Waals surface area contributed by atoms with Crippen molar-refractivity contribution >= 4 is 11.6 Å². The Bertz CT molecular complexity index is 718. The van der Waals surface area contributed by atoms with Crippen molar-refractivity contribution in [3.8, 4) is 17.2 Å². The molecule has 0 heterocycles.